The molecule has 0 spiro atoms. The fourth-order valence-corrected chi connectivity index (χ4v) is 8.13. The maximum absolute atomic E-state index is 12.5. The quantitative estimate of drug-likeness (QED) is 0.0421. The van der Waals surface area contributed by atoms with Gasteiger partial charge in [0.05, 0.1) is 18.8 Å². The van der Waals surface area contributed by atoms with Gasteiger partial charge >= 0.3 is 0 Å². The van der Waals surface area contributed by atoms with Gasteiger partial charge in [0.2, 0.25) is 5.91 Å². The summed E-state index contributed by atoms with van der Waals surface area (Å²) < 4.78 is 0. The van der Waals surface area contributed by atoms with E-state index in [-0.39, 0.29) is 12.5 Å². The van der Waals surface area contributed by atoms with Crippen molar-refractivity contribution < 1.29 is 15.0 Å². The number of amides is 1. The molecule has 2 atom stereocenters. The van der Waals surface area contributed by atoms with Crippen molar-refractivity contribution >= 4 is 5.91 Å². The predicted molar refractivity (Wildman–Crippen MR) is 276 cm³/mol. The Balaban J connectivity index is 3.53. The molecule has 0 aliphatic rings. The predicted octanol–water partition coefficient (Wildman–Crippen LogP) is 17.8. The monoisotopic (exact) mass is 864 g/mol. The lowest BCUT2D eigenvalue weighted by Gasteiger charge is -2.22. The Morgan fingerprint density at radius 3 is 1.06 bits per heavy atom. The van der Waals surface area contributed by atoms with Gasteiger partial charge in [0, 0.05) is 6.42 Å². The van der Waals surface area contributed by atoms with Crippen LogP contribution in [-0.4, -0.2) is 34.9 Å². The number of hydrogen-bond donors (Lipinski definition) is 3. The first-order valence-electron chi connectivity index (χ1n) is 27.1. The van der Waals surface area contributed by atoms with E-state index in [1.807, 2.05) is 0 Å². The van der Waals surface area contributed by atoms with E-state index in [0.717, 1.165) is 77.0 Å². The van der Waals surface area contributed by atoms with Crippen LogP contribution in [0.15, 0.2) is 72.9 Å². The summed E-state index contributed by atoms with van der Waals surface area (Å²) >= 11 is 0. The molecule has 0 aromatic rings. The van der Waals surface area contributed by atoms with Crippen LogP contribution in [0.25, 0.3) is 0 Å². The van der Waals surface area contributed by atoms with E-state index in [1.165, 1.54) is 167 Å². The zero-order chi connectivity index (χ0) is 44.9. The highest BCUT2D eigenvalue weighted by Gasteiger charge is 2.20. The van der Waals surface area contributed by atoms with Crippen molar-refractivity contribution in [2.75, 3.05) is 6.61 Å². The fourth-order valence-electron chi connectivity index (χ4n) is 8.13. The number of carbonyl (C=O) groups is 1. The minimum absolute atomic E-state index is 0.0458. The number of unbranched alkanes of at least 4 members (excludes halogenated alkanes) is 30. The van der Waals surface area contributed by atoms with Crippen LogP contribution in [0.3, 0.4) is 0 Å². The minimum atomic E-state index is -0.672. The van der Waals surface area contributed by atoms with Crippen LogP contribution >= 0.6 is 0 Å². The van der Waals surface area contributed by atoms with Crippen LogP contribution in [0.5, 0.6) is 0 Å². The first kappa shape index (κ1) is 59.8. The Morgan fingerprint density at radius 1 is 0.403 bits per heavy atom. The van der Waals surface area contributed by atoms with Crippen molar-refractivity contribution in [2.24, 2.45) is 0 Å². The molecule has 0 rings (SSSR count). The molecule has 0 saturated carbocycles. The van der Waals surface area contributed by atoms with E-state index >= 15 is 0 Å². The van der Waals surface area contributed by atoms with Gasteiger partial charge < -0.3 is 15.5 Å². The van der Waals surface area contributed by atoms with Crippen molar-refractivity contribution in [3.63, 3.8) is 0 Å². The van der Waals surface area contributed by atoms with Gasteiger partial charge in [0.1, 0.15) is 0 Å². The summed E-state index contributed by atoms with van der Waals surface area (Å²) in [7, 11) is 0. The van der Waals surface area contributed by atoms with Crippen molar-refractivity contribution in [1.82, 2.24) is 5.32 Å². The molecule has 62 heavy (non-hydrogen) atoms. The molecule has 0 fully saturated rings. The van der Waals surface area contributed by atoms with E-state index in [1.54, 1.807) is 0 Å². The summed E-state index contributed by atoms with van der Waals surface area (Å²) in [6.07, 6.45) is 75.9. The Bertz CT molecular complexity index is 1070. The molecule has 4 heteroatoms. The van der Waals surface area contributed by atoms with Crippen LogP contribution in [0.1, 0.15) is 271 Å². The molecule has 0 saturated heterocycles. The topological polar surface area (TPSA) is 69.6 Å². The normalized spacial score (nSPS) is 13.4. The zero-order valence-corrected chi connectivity index (χ0v) is 41.4. The van der Waals surface area contributed by atoms with Crippen molar-refractivity contribution in [3.05, 3.63) is 72.9 Å². The number of carbonyl (C=O) groups excluding carboxylic acids is 1. The second-order valence-corrected chi connectivity index (χ2v) is 18.3. The van der Waals surface area contributed by atoms with E-state index in [4.69, 9.17) is 0 Å². The number of aliphatic hydroxyl groups is 2. The summed E-state index contributed by atoms with van der Waals surface area (Å²) in [5.41, 5.74) is 0. The van der Waals surface area contributed by atoms with Crippen molar-refractivity contribution in [2.45, 2.75) is 283 Å². The van der Waals surface area contributed by atoms with E-state index in [2.05, 4.69) is 92.1 Å². The summed E-state index contributed by atoms with van der Waals surface area (Å²) in [4.78, 5) is 12.5. The molecule has 0 aliphatic heterocycles. The van der Waals surface area contributed by atoms with E-state index in [0.29, 0.717) is 12.8 Å². The Labute approximate surface area is 387 Å². The molecular formula is C58H105NO3. The number of allylic oxidation sites excluding steroid dienone is 12. The van der Waals surface area contributed by atoms with E-state index in [9.17, 15) is 15.0 Å². The third kappa shape index (κ3) is 48.9. The average molecular weight is 864 g/mol. The lowest BCUT2D eigenvalue weighted by molar-refractivity contribution is -0.123. The molecule has 0 bridgehead atoms. The number of rotatable bonds is 49. The molecule has 0 aliphatic carbocycles. The van der Waals surface area contributed by atoms with Crippen LogP contribution in [0.4, 0.5) is 0 Å². The average Bonchev–Trinajstić information content (AvgIpc) is 3.28. The van der Waals surface area contributed by atoms with E-state index < -0.39 is 12.1 Å². The van der Waals surface area contributed by atoms with Crippen molar-refractivity contribution in [1.29, 1.82) is 0 Å². The third-order valence-corrected chi connectivity index (χ3v) is 12.2. The van der Waals surface area contributed by atoms with Gasteiger partial charge in [0.15, 0.2) is 0 Å². The van der Waals surface area contributed by atoms with Crippen LogP contribution in [0, 0.1) is 0 Å². The van der Waals surface area contributed by atoms with Crippen molar-refractivity contribution in [3.8, 4) is 0 Å². The second-order valence-electron chi connectivity index (χ2n) is 18.3. The first-order chi connectivity index (χ1) is 30.7. The van der Waals surface area contributed by atoms with Gasteiger partial charge in [-0.05, 0) is 64.2 Å². The zero-order valence-electron chi connectivity index (χ0n) is 41.4. The van der Waals surface area contributed by atoms with Crippen LogP contribution in [0.2, 0.25) is 0 Å². The van der Waals surface area contributed by atoms with Crippen LogP contribution in [-0.2, 0) is 4.79 Å². The SMILES string of the molecule is CC/C=C\C/C=C\C/C=C\C/C=C\C/C=C\C/C=C\CCCCCCCCC(=O)NC(CO)C(O)CCCCCCCCCCCCCCCCCCCCCCCCCCC. The summed E-state index contributed by atoms with van der Waals surface area (Å²) in [6.45, 7) is 4.26. The summed E-state index contributed by atoms with van der Waals surface area (Å²) in [5, 5.41) is 23.3. The highest BCUT2D eigenvalue weighted by atomic mass is 16.3. The molecular weight excluding hydrogens is 759 g/mol. The second kappa shape index (κ2) is 53.2. The number of aliphatic hydroxyl groups excluding tert-OH is 2. The molecule has 3 N–H and O–H groups in total. The lowest BCUT2D eigenvalue weighted by Crippen LogP contribution is -2.45. The minimum Gasteiger partial charge on any atom is -0.394 e. The highest BCUT2D eigenvalue weighted by Crippen LogP contribution is 2.17. The maximum atomic E-state index is 12.5. The summed E-state index contributed by atoms with van der Waals surface area (Å²) in [5.74, 6) is -0.0458. The lowest BCUT2D eigenvalue weighted by atomic mass is 10.0. The van der Waals surface area contributed by atoms with Gasteiger partial charge in [-0.25, -0.2) is 0 Å². The Morgan fingerprint density at radius 2 is 0.710 bits per heavy atom. The highest BCUT2D eigenvalue weighted by molar-refractivity contribution is 5.76. The number of nitrogens with one attached hydrogen (secondary N) is 1. The number of hydrogen-bond acceptors (Lipinski definition) is 3. The largest absolute Gasteiger partial charge is 0.394 e. The van der Waals surface area contributed by atoms with Gasteiger partial charge in [-0.3, -0.25) is 4.79 Å². The molecule has 360 valence electrons. The molecule has 0 heterocycles. The molecule has 0 aromatic heterocycles. The molecule has 0 aromatic carbocycles. The molecule has 4 nitrogen and oxygen atoms in total. The molecule has 2 unspecified atom stereocenters. The summed E-state index contributed by atoms with van der Waals surface area (Å²) in [6, 6.07) is -0.550. The first-order valence-corrected chi connectivity index (χ1v) is 27.1. The Kier molecular flexibility index (Phi) is 51.3. The fraction of sp³-hybridized carbons (Fsp3) is 0.776. The van der Waals surface area contributed by atoms with Gasteiger partial charge in [-0.2, -0.15) is 0 Å². The van der Waals surface area contributed by atoms with Gasteiger partial charge in [-0.1, -0.05) is 273 Å². The molecule has 1 amide bonds. The maximum Gasteiger partial charge on any atom is 0.220 e. The van der Waals surface area contributed by atoms with Gasteiger partial charge in [0.25, 0.3) is 0 Å². The third-order valence-electron chi connectivity index (χ3n) is 12.2. The smallest absolute Gasteiger partial charge is 0.220 e. The van der Waals surface area contributed by atoms with Crippen LogP contribution < -0.4 is 5.32 Å². The molecule has 0 radical (unpaired) electrons. The Hall–Kier alpha value is -2.17. The van der Waals surface area contributed by atoms with Gasteiger partial charge in [-0.15, -0.1) is 0 Å². The standard InChI is InChI=1S/C58H105NO3/c1-3-5-7-9-11-13-15-17-19-21-23-25-27-29-31-33-35-37-39-41-43-45-47-49-51-53-57(61)56(55-60)59-58(62)54-52-50-48-46-44-42-40-38-36-34-32-30-28-26-24-22-20-18-16-14-12-10-8-6-4-2/h6,8,12,14,18,20,24,26,30,32,36,38,56-57,60-61H,3-5,7,9-11,13,15-17,19,21-23,25,27-29,31,33-35,37,39-55H2,1-2H3,(H,59,62)/b8-6-,14-12-,20-18-,26-24-,32-30-,38-36-.